The van der Waals surface area contributed by atoms with E-state index in [0.717, 1.165) is 17.2 Å². The molecule has 7 heteroatoms. The van der Waals surface area contributed by atoms with Crippen molar-refractivity contribution >= 4 is 38.6 Å². The first-order valence-corrected chi connectivity index (χ1v) is 8.52. The van der Waals surface area contributed by atoms with Gasteiger partial charge in [-0.1, -0.05) is 13.3 Å². The second-order valence-electron chi connectivity index (χ2n) is 5.83. The Morgan fingerprint density at radius 1 is 1.46 bits per heavy atom. The van der Waals surface area contributed by atoms with E-state index in [1.807, 2.05) is 0 Å². The highest BCUT2D eigenvalue weighted by Crippen LogP contribution is 2.31. The maximum Gasteiger partial charge on any atom is 0.335 e. The number of carboxylic acid groups (broad SMARTS) is 1. The summed E-state index contributed by atoms with van der Waals surface area (Å²) in [6, 6.07) is 4.78. The minimum absolute atomic E-state index is 0.0266. The van der Waals surface area contributed by atoms with Gasteiger partial charge in [0.05, 0.1) is 11.6 Å². The number of carbonyl (C=O) groups is 2. The van der Waals surface area contributed by atoms with Crippen molar-refractivity contribution in [1.82, 2.24) is 10.3 Å². The molecule has 2 heterocycles. The molecule has 24 heavy (non-hydrogen) atoms. The quantitative estimate of drug-likeness (QED) is 0.816. The lowest BCUT2D eigenvalue weighted by Crippen LogP contribution is -2.34. The molecule has 1 amide bonds. The molecule has 6 nitrogen and oxygen atoms in total. The van der Waals surface area contributed by atoms with E-state index in [0.29, 0.717) is 23.4 Å². The Morgan fingerprint density at radius 3 is 2.96 bits per heavy atom. The third kappa shape index (κ3) is 3.21. The maximum atomic E-state index is 11.5. The molecular formula is C17H17BrN2O4. The molecule has 0 bridgehead atoms. The number of amides is 1. The zero-order chi connectivity index (χ0) is 17.3. The van der Waals surface area contributed by atoms with Gasteiger partial charge in [0, 0.05) is 27.9 Å². The number of halogens is 1. The lowest BCUT2D eigenvalue weighted by Gasteiger charge is -2.18. The summed E-state index contributed by atoms with van der Waals surface area (Å²) in [6.07, 6.45) is 3.03. The monoisotopic (exact) mass is 392 g/mol. The molecule has 2 atom stereocenters. The summed E-state index contributed by atoms with van der Waals surface area (Å²) in [7, 11) is 0. The van der Waals surface area contributed by atoms with Crippen LogP contribution in [0.1, 0.15) is 30.1 Å². The molecular weight excluding hydrogens is 376 g/mol. The first-order valence-electron chi connectivity index (χ1n) is 7.73. The average Bonchev–Trinajstić information content (AvgIpc) is 2.94. The smallest absolute Gasteiger partial charge is 0.335 e. The van der Waals surface area contributed by atoms with Crippen LogP contribution < -0.4 is 10.1 Å². The van der Waals surface area contributed by atoms with Crippen LogP contribution in [0.3, 0.4) is 0 Å². The summed E-state index contributed by atoms with van der Waals surface area (Å²) in [5.41, 5.74) is 0.203. The van der Waals surface area contributed by atoms with E-state index < -0.39 is 5.97 Å². The van der Waals surface area contributed by atoms with E-state index in [9.17, 15) is 9.59 Å². The normalized spacial score (nSPS) is 20.2. The average molecular weight is 393 g/mol. The van der Waals surface area contributed by atoms with Crippen molar-refractivity contribution in [3.05, 3.63) is 34.4 Å². The van der Waals surface area contributed by atoms with E-state index in [2.05, 4.69) is 33.2 Å². The van der Waals surface area contributed by atoms with E-state index in [1.165, 1.54) is 6.07 Å². The van der Waals surface area contributed by atoms with Crippen LogP contribution in [0.5, 0.6) is 5.88 Å². The van der Waals surface area contributed by atoms with Gasteiger partial charge in [0.25, 0.3) is 0 Å². The van der Waals surface area contributed by atoms with Crippen molar-refractivity contribution in [3.63, 3.8) is 0 Å². The number of hydrogen-bond acceptors (Lipinski definition) is 4. The number of rotatable bonds is 5. The number of hydrogen-bond donors (Lipinski definition) is 2. The zero-order valence-electron chi connectivity index (χ0n) is 13.1. The molecule has 3 rings (SSSR count). The molecule has 2 aromatic rings. The minimum atomic E-state index is -0.984. The third-order valence-corrected chi connectivity index (χ3v) is 4.97. The number of pyridine rings is 1. The number of carboxylic acids is 1. The number of aromatic carboxylic acids is 1. The summed E-state index contributed by atoms with van der Waals surface area (Å²) in [5, 5.41) is 13.5. The van der Waals surface area contributed by atoms with Crippen LogP contribution in [-0.2, 0) is 4.79 Å². The molecule has 1 saturated heterocycles. The molecule has 126 valence electrons. The van der Waals surface area contributed by atoms with Gasteiger partial charge in [-0.25, -0.2) is 9.78 Å². The van der Waals surface area contributed by atoms with Crippen LogP contribution >= 0.6 is 15.9 Å². The van der Waals surface area contributed by atoms with Gasteiger partial charge in [-0.15, -0.1) is 0 Å². The zero-order valence-corrected chi connectivity index (χ0v) is 14.7. The van der Waals surface area contributed by atoms with Gasteiger partial charge in [-0.05, 0) is 40.0 Å². The molecule has 1 aliphatic rings. The summed E-state index contributed by atoms with van der Waals surface area (Å²) in [5.74, 6) is -0.239. The molecule has 0 saturated carbocycles. The molecule has 1 aromatic heterocycles. The Hall–Kier alpha value is -2.15. The predicted octanol–water partition coefficient (Wildman–Crippen LogP) is 2.99. The van der Waals surface area contributed by atoms with Crippen molar-refractivity contribution in [1.29, 1.82) is 0 Å². The Kier molecular flexibility index (Phi) is 4.71. The largest absolute Gasteiger partial charge is 0.478 e. The SMILES string of the molecule is CCC1CC(=O)N[C@@H]1COc1ncc(Br)c2cc(C(=O)O)ccc12. The molecule has 0 aliphatic carbocycles. The summed E-state index contributed by atoms with van der Waals surface area (Å²) < 4.78 is 6.55. The van der Waals surface area contributed by atoms with E-state index in [-0.39, 0.29) is 23.4 Å². The van der Waals surface area contributed by atoms with Crippen LogP contribution in [-0.4, -0.2) is 34.6 Å². The van der Waals surface area contributed by atoms with Gasteiger partial charge in [0.15, 0.2) is 0 Å². The van der Waals surface area contributed by atoms with Crippen LogP contribution in [0.2, 0.25) is 0 Å². The second-order valence-corrected chi connectivity index (χ2v) is 6.69. The summed E-state index contributed by atoms with van der Waals surface area (Å²) in [6.45, 7) is 2.40. The maximum absolute atomic E-state index is 11.5. The lowest BCUT2D eigenvalue weighted by molar-refractivity contribution is -0.119. The van der Waals surface area contributed by atoms with Gasteiger partial charge in [0.1, 0.15) is 6.61 Å². The Bertz CT molecular complexity index is 809. The van der Waals surface area contributed by atoms with Crippen molar-refractivity contribution in [2.75, 3.05) is 6.61 Å². The van der Waals surface area contributed by atoms with Crippen LogP contribution in [0, 0.1) is 5.92 Å². The van der Waals surface area contributed by atoms with Gasteiger partial charge < -0.3 is 15.2 Å². The molecule has 1 fully saturated rings. The molecule has 1 unspecified atom stereocenters. The van der Waals surface area contributed by atoms with Crippen molar-refractivity contribution in [2.24, 2.45) is 5.92 Å². The molecule has 1 aliphatic heterocycles. The van der Waals surface area contributed by atoms with Crippen molar-refractivity contribution < 1.29 is 19.4 Å². The molecule has 1 aromatic carbocycles. The van der Waals surface area contributed by atoms with Crippen LogP contribution in [0.15, 0.2) is 28.9 Å². The van der Waals surface area contributed by atoms with Crippen molar-refractivity contribution in [2.45, 2.75) is 25.8 Å². The number of nitrogens with one attached hydrogen (secondary N) is 1. The number of aromatic nitrogens is 1. The summed E-state index contributed by atoms with van der Waals surface area (Å²) >= 11 is 3.39. The standard InChI is InChI=1S/C17H17BrN2O4/c1-2-9-6-15(21)20-14(9)8-24-16-11-4-3-10(17(22)23)5-12(11)13(18)7-19-16/h3-5,7,9,14H,2,6,8H2,1H3,(H,20,21)(H,22,23)/t9?,14-/m1/s1. The fourth-order valence-corrected chi connectivity index (χ4v) is 3.40. The fourth-order valence-electron chi connectivity index (χ4n) is 2.97. The molecule has 0 spiro atoms. The number of fused-ring (bicyclic) bond motifs is 1. The van der Waals surface area contributed by atoms with E-state index in [1.54, 1.807) is 18.3 Å². The van der Waals surface area contributed by atoms with Gasteiger partial charge in [0.2, 0.25) is 11.8 Å². The highest BCUT2D eigenvalue weighted by atomic mass is 79.9. The highest BCUT2D eigenvalue weighted by Gasteiger charge is 2.31. The Morgan fingerprint density at radius 2 is 2.25 bits per heavy atom. The van der Waals surface area contributed by atoms with E-state index in [4.69, 9.17) is 9.84 Å². The fraction of sp³-hybridized carbons (Fsp3) is 0.353. The molecule has 2 N–H and O–H groups in total. The Balaban J connectivity index is 1.86. The number of ether oxygens (including phenoxy) is 1. The van der Waals surface area contributed by atoms with Crippen LogP contribution in [0.25, 0.3) is 10.8 Å². The van der Waals surface area contributed by atoms with Crippen molar-refractivity contribution in [3.8, 4) is 5.88 Å². The summed E-state index contributed by atoms with van der Waals surface area (Å²) in [4.78, 5) is 27.0. The van der Waals surface area contributed by atoms with Gasteiger partial charge >= 0.3 is 5.97 Å². The van der Waals surface area contributed by atoms with Gasteiger partial charge in [-0.3, -0.25) is 4.79 Å². The first kappa shape index (κ1) is 16.7. The van der Waals surface area contributed by atoms with E-state index >= 15 is 0 Å². The van der Waals surface area contributed by atoms with Gasteiger partial charge in [-0.2, -0.15) is 0 Å². The predicted molar refractivity (Wildman–Crippen MR) is 92.2 cm³/mol. The van der Waals surface area contributed by atoms with Crippen LogP contribution in [0.4, 0.5) is 0 Å². The topological polar surface area (TPSA) is 88.5 Å². The third-order valence-electron chi connectivity index (χ3n) is 4.34. The second kappa shape index (κ2) is 6.76. The Labute approximate surface area is 147 Å². The first-order chi connectivity index (χ1) is 11.5. The lowest BCUT2D eigenvalue weighted by atomic mass is 9.98. The highest BCUT2D eigenvalue weighted by molar-refractivity contribution is 9.10. The number of carbonyl (C=O) groups excluding carboxylic acids is 1. The number of nitrogens with zero attached hydrogens (tertiary/aromatic N) is 1. The molecule has 0 radical (unpaired) electrons. The minimum Gasteiger partial charge on any atom is -0.478 e. The number of benzene rings is 1.